The van der Waals surface area contributed by atoms with Gasteiger partial charge in [-0.05, 0) is 29.8 Å². The molecule has 0 saturated carbocycles. The summed E-state index contributed by atoms with van der Waals surface area (Å²) in [4.78, 5) is -0.0412. The van der Waals surface area contributed by atoms with Gasteiger partial charge in [-0.15, -0.1) is 0 Å². The number of sulfonamides is 1. The normalized spacial score (nSPS) is 15.8. The summed E-state index contributed by atoms with van der Waals surface area (Å²) in [5.74, 6) is 0. The molecule has 0 spiro atoms. The lowest BCUT2D eigenvalue weighted by atomic mass is 9.87. The first-order chi connectivity index (χ1) is 10.7. The van der Waals surface area contributed by atoms with E-state index in [2.05, 4.69) is 23.9 Å². The van der Waals surface area contributed by atoms with Gasteiger partial charge in [-0.3, -0.25) is 4.72 Å². The van der Waals surface area contributed by atoms with Crippen LogP contribution in [-0.2, 0) is 15.4 Å². The van der Waals surface area contributed by atoms with Gasteiger partial charge in [0.2, 0.25) is 0 Å². The molecular formula is C16H16Cl2N2O2S. The molecule has 23 heavy (non-hydrogen) atoms. The number of benzene rings is 2. The van der Waals surface area contributed by atoms with Gasteiger partial charge in [0.05, 0.1) is 15.7 Å². The predicted octanol–water partition coefficient (Wildman–Crippen LogP) is 4.50. The summed E-state index contributed by atoms with van der Waals surface area (Å²) in [5, 5.41) is 3.51. The van der Waals surface area contributed by atoms with Gasteiger partial charge in [0.25, 0.3) is 10.0 Å². The van der Waals surface area contributed by atoms with Crippen LogP contribution in [0.3, 0.4) is 0 Å². The van der Waals surface area contributed by atoms with Crippen molar-refractivity contribution in [2.24, 2.45) is 0 Å². The number of hydrogen-bond donors (Lipinski definition) is 2. The molecule has 0 aromatic heterocycles. The van der Waals surface area contributed by atoms with Gasteiger partial charge < -0.3 is 5.32 Å². The first-order valence-corrected chi connectivity index (χ1v) is 9.30. The molecule has 1 heterocycles. The van der Waals surface area contributed by atoms with Crippen LogP contribution < -0.4 is 10.0 Å². The maximum atomic E-state index is 12.5. The first kappa shape index (κ1) is 16.4. The van der Waals surface area contributed by atoms with E-state index in [1.54, 1.807) is 24.3 Å². The highest BCUT2D eigenvalue weighted by Crippen LogP contribution is 2.38. The van der Waals surface area contributed by atoms with Gasteiger partial charge in [-0.2, -0.15) is 0 Å². The smallest absolute Gasteiger partial charge is 0.263 e. The third kappa shape index (κ3) is 3.01. The molecule has 0 aliphatic carbocycles. The average Bonchev–Trinajstić information content (AvgIpc) is 2.76. The van der Waals surface area contributed by atoms with Gasteiger partial charge in [0, 0.05) is 17.6 Å². The summed E-state index contributed by atoms with van der Waals surface area (Å²) in [5.41, 5.74) is 2.61. The zero-order valence-corrected chi connectivity index (χ0v) is 15.0. The van der Waals surface area contributed by atoms with E-state index < -0.39 is 10.0 Å². The molecule has 2 N–H and O–H groups in total. The number of fused-ring (bicyclic) bond motifs is 1. The number of rotatable bonds is 3. The fourth-order valence-corrected chi connectivity index (χ4v) is 4.47. The fourth-order valence-electron chi connectivity index (χ4n) is 2.66. The summed E-state index contributed by atoms with van der Waals surface area (Å²) in [6.45, 7) is 5.10. The summed E-state index contributed by atoms with van der Waals surface area (Å²) in [6.07, 6.45) is 0. The molecule has 3 rings (SSSR count). The van der Waals surface area contributed by atoms with Crippen LogP contribution in [0.25, 0.3) is 0 Å². The van der Waals surface area contributed by atoms with Crippen molar-refractivity contribution < 1.29 is 8.42 Å². The predicted molar refractivity (Wildman–Crippen MR) is 95.2 cm³/mol. The molecule has 0 radical (unpaired) electrons. The number of nitrogens with one attached hydrogen (secondary N) is 2. The molecule has 1 aliphatic rings. The summed E-state index contributed by atoms with van der Waals surface area (Å²) >= 11 is 11.9. The summed E-state index contributed by atoms with van der Waals surface area (Å²) < 4.78 is 27.6. The van der Waals surface area contributed by atoms with E-state index in [9.17, 15) is 8.42 Å². The van der Waals surface area contributed by atoms with Gasteiger partial charge in [0.1, 0.15) is 4.90 Å². The molecule has 2 aromatic rings. The molecule has 2 aromatic carbocycles. The van der Waals surface area contributed by atoms with Gasteiger partial charge >= 0.3 is 0 Å². The van der Waals surface area contributed by atoms with Crippen LogP contribution in [0.1, 0.15) is 19.4 Å². The van der Waals surface area contributed by atoms with Crippen LogP contribution in [0.15, 0.2) is 41.3 Å². The Morgan fingerprint density at radius 2 is 1.91 bits per heavy atom. The van der Waals surface area contributed by atoms with Gasteiger partial charge in [-0.25, -0.2) is 8.42 Å². The van der Waals surface area contributed by atoms with Crippen molar-refractivity contribution in [1.82, 2.24) is 0 Å². The molecule has 0 unspecified atom stereocenters. The van der Waals surface area contributed by atoms with E-state index in [1.165, 1.54) is 11.6 Å². The van der Waals surface area contributed by atoms with Crippen molar-refractivity contribution in [2.75, 3.05) is 16.6 Å². The Kier molecular flexibility index (Phi) is 3.99. The minimum absolute atomic E-state index is 0.0158. The van der Waals surface area contributed by atoms with Crippen LogP contribution in [0.5, 0.6) is 0 Å². The van der Waals surface area contributed by atoms with Gasteiger partial charge in [-0.1, -0.05) is 49.2 Å². The number of hydrogen-bond acceptors (Lipinski definition) is 3. The molecule has 0 amide bonds. The van der Waals surface area contributed by atoms with Crippen molar-refractivity contribution >= 4 is 44.6 Å². The second kappa shape index (κ2) is 5.58. The molecule has 0 fully saturated rings. The Morgan fingerprint density at radius 3 is 2.65 bits per heavy atom. The quantitative estimate of drug-likeness (QED) is 0.835. The van der Waals surface area contributed by atoms with E-state index in [-0.39, 0.29) is 20.4 Å². The molecule has 1 aliphatic heterocycles. The highest BCUT2D eigenvalue weighted by atomic mass is 35.5. The maximum absolute atomic E-state index is 12.5. The molecule has 0 atom stereocenters. The van der Waals surface area contributed by atoms with Crippen LogP contribution in [0.2, 0.25) is 10.0 Å². The van der Waals surface area contributed by atoms with E-state index in [0.717, 1.165) is 12.2 Å². The highest BCUT2D eigenvalue weighted by Gasteiger charge is 2.30. The maximum Gasteiger partial charge on any atom is 0.263 e. The van der Waals surface area contributed by atoms with Crippen LogP contribution >= 0.6 is 23.2 Å². The number of halogens is 2. The Labute approximate surface area is 145 Å². The van der Waals surface area contributed by atoms with Crippen molar-refractivity contribution in [2.45, 2.75) is 24.2 Å². The zero-order chi connectivity index (χ0) is 16.8. The Bertz CT molecular complexity index is 880. The Morgan fingerprint density at radius 1 is 1.17 bits per heavy atom. The molecular weight excluding hydrogens is 355 g/mol. The Balaban J connectivity index is 1.95. The van der Waals surface area contributed by atoms with E-state index in [0.29, 0.717) is 5.69 Å². The van der Waals surface area contributed by atoms with Crippen LogP contribution in [-0.4, -0.2) is 15.0 Å². The minimum Gasteiger partial charge on any atom is -0.384 e. The third-order valence-corrected chi connectivity index (χ3v) is 6.28. The molecule has 0 saturated heterocycles. The van der Waals surface area contributed by atoms with Crippen molar-refractivity contribution in [3.8, 4) is 0 Å². The van der Waals surface area contributed by atoms with Crippen LogP contribution in [0, 0.1) is 0 Å². The topological polar surface area (TPSA) is 58.2 Å². The lowest BCUT2D eigenvalue weighted by molar-refractivity contribution is 0.586. The van der Waals surface area contributed by atoms with Gasteiger partial charge in [0.15, 0.2) is 0 Å². The third-order valence-electron chi connectivity index (χ3n) is 3.93. The van der Waals surface area contributed by atoms with Crippen molar-refractivity contribution in [3.63, 3.8) is 0 Å². The molecule has 7 heteroatoms. The average molecular weight is 371 g/mol. The lowest BCUT2D eigenvalue weighted by Gasteiger charge is -2.17. The number of anilines is 2. The molecule has 122 valence electrons. The van der Waals surface area contributed by atoms with Crippen molar-refractivity contribution in [3.05, 3.63) is 52.0 Å². The second-order valence-corrected chi connectivity index (χ2v) is 8.59. The van der Waals surface area contributed by atoms with E-state index in [1.807, 2.05) is 6.07 Å². The molecule has 4 nitrogen and oxygen atoms in total. The summed E-state index contributed by atoms with van der Waals surface area (Å²) in [7, 11) is -3.81. The zero-order valence-electron chi connectivity index (χ0n) is 12.7. The van der Waals surface area contributed by atoms with Crippen molar-refractivity contribution in [1.29, 1.82) is 0 Å². The summed E-state index contributed by atoms with van der Waals surface area (Å²) in [6, 6.07) is 10.0. The highest BCUT2D eigenvalue weighted by molar-refractivity contribution is 7.92. The van der Waals surface area contributed by atoms with Crippen LogP contribution in [0.4, 0.5) is 11.4 Å². The monoisotopic (exact) mass is 370 g/mol. The van der Waals surface area contributed by atoms with E-state index >= 15 is 0 Å². The fraction of sp³-hybridized carbons (Fsp3) is 0.250. The SMILES string of the molecule is CC1(C)CNc2cc(NS(=O)(=O)c3cccc(Cl)c3Cl)ccc21. The first-order valence-electron chi connectivity index (χ1n) is 7.06. The largest absolute Gasteiger partial charge is 0.384 e. The van der Waals surface area contributed by atoms with E-state index in [4.69, 9.17) is 23.2 Å². The Hall–Kier alpha value is -1.43. The lowest BCUT2D eigenvalue weighted by Crippen LogP contribution is -2.18. The second-order valence-electron chi connectivity index (χ2n) is 6.16. The minimum atomic E-state index is -3.81. The standard InChI is InChI=1S/C16H16Cl2N2O2S/c1-16(2)9-19-13-8-10(6-7-11(13)16)20-23(21,22)14-5-3-4-12(17)15(14)18/h3-8,19-20H,9H2,1-2H3. The molecule has 0 bridgehead atoms.